The Hall–Kier alpha value is -4.69. The molecular formula is C27H23F5N8O. The summed E-state index contributed by atoms with van der Waals surface area (Å²) in [6, 6.07) is 11.5. The number of aliphatic hydroxyl groups excluding tert-OH is 1. The summed E-state index contributed by atoms with van der Waals surface area (Å²) >= 11 is 0. The van der Waals surface area contributed by atoms with Crippen molar-refractivity contribution in [3.63, 3.8) is 0 Å². The van der Waals surface area contributed by atoms with Gasteiger partial charge in [0, 0.05) is 24.3 Å². The zero-order chi connectivity index (χ0) is 29.3. The lowest BCUT2D eigenvalue weighted by molar-refractivity contribution is -0.141. The molecule has 0 aliphatic carbocycles. The number of nitrogen functional groups attached to an aromatic ring is 1. The van der Waals surface area contributed by atoms with Crippen molar-refractivity contribution in [1.29, 1.82) is 0 Å². The van der Waals surface area contributed by atoms with Crippen molar-refractivity contribution in [3.05, 3.63) is 95.1 Å². The summed E-state index contributed by atoms with van der Waals surface area (Å²) in [4.78, 5) is 11.8. The van der Waals surface area contributed by atoms with E-state index < -0.39 is 41.5 Å². The summed E-state index contributed by atoms with van der Waals surface area (Å²) in [5.41, 5.74) is 7.40. The first kappa shape index (κ1) is 27.9. The molecule has 0 saturated carbocycles. The van der Waals surface area contributed by atoms with Crippen LogP contribution in [-0.2, 0) is 12.7 Å². The van der Waals surface area contributed by atoms with Crippen LogP contribution in [0.1, 0.15) is 41.7 Å². The second-order valence-corrected chi connectivity index (χ2v) is 9.23. The van der Waals surface area contributed by atoms with E-state index in [1.807, 2.05) is 30.3 Å². The number of halogens is 5. The highest BCUT2D eigenvalue weighted by molar-refractivity contribution is 5.89. The number of hydrogen-bond donors (Lipinski definition) is 5. The number of hydrogen-bond acceptors (Lipinski definition) is 8. The van der Waals surface area contributed by atoms with E-state index >= 15 is 0 Å². The van der Waals surface area contributed by atoms with Gasteiger partial charge in [0.1, 0.15) is 5.69 Å². The summed E-state index contributed by atoms with van der Waals surface area (Å²) in [6.07, 6.45) is -4.30. The molecule has 0 fully saturated rings. The number of benzene rings is 2. The molecule has 0 aliphatic heterocycles. The van der Waals surface area contributed by atoms with Crippen LogP contribution in [0, 0.1) is 11.6 Å². The number of nitrogens with zero attached hydrogens (tertiary/aromatic N) is 4. The van der Waals surface area contributed by atoms with Crippen molar-refractivity contribution in [2.24, 2.45) is 0 Å². The number of alkyl halides is 3. The van der Waals surface area contributed by atoms with Gasteiger partial charge in [0.25, 0.3) is 0 Å². The monoisotopic (exact) mass is 570 g/mol. The predicted octanol–water partition coefficient (Wildman–Crippen LogP) is 5.25. The first-order chi connectivity index (χ1) is 19.5. The maximum atomic E-state index is 13.7. The van der Waals surface area contributed by atoms with Gasteiger partial charge in [0.2, 0.25) is 0 Å². The van der Waals surface area contributed by atoms with E-state index in [-0.39, 0.29) is 17.9 Å². The lowest BCUT2D eigenvalue weighted by Gasteiger charge is -2.22. The minimum atomic E-state index is -4.81. The number of fused-ring (bicyclic) bond motifs is 1. The van der Waals surface area contributed by atoms with Gasteiger partial charge in [-0.2, -0.15) is 18.3 Å². The van der Waals surface area contributed by atoms with E-state index in [1.54, 1.807) is 6.20 Å². The van der Waals surface area contributed by atoms with Gasteiger partial charge < -0.3 is 16.2 Å². The Morgan fingerprint density at radius 1 is 0.976 bits per heavy atom. The van der Waals surface area contributed by atoms with Crippen LogP contribution in [0.25, 0.3) is 22.2 Å². The Morgan fingerprint density at radius 3 is 2.44 bits per heavy atom. The predicted molar refractivity (Wildman–Crippen MR) is 141 cm³/mol. The number of H-pyrrole nitrogens is 1. The molecule has 0 bridgehead atoms. The molecule has 2 atom stereocenters. The van der Waals surface area contributed by atoms with Crippen molar-refractivity contribution in [2.75, 3.05) is 11.1 Å². The van der Waals surface area contributed by atoms with Crippen LogP contribution in [0.15, 0.2) is 60.9 Å². The van der Waals surface area contributed by atoms with Gasteiger partial charge in [-0.3, -0.25) is 10.4 Å². The average molecular weight is 571 g/mol. The van der Waals surface area contributed by atoms with Gasteiger partial charge in [0.15, 0.2) is 40.8 Å². The van der Waals surface area contributed by atoms with Gasteiger partial charge in [-0.15, -0.1) is 0 Å². The van der Waals surface area contributed by atoms with Crippen LogP contribution in [0.2, 0.25) is 0 Å². The van der Waals surface area contributed by atoms with Gasteiger partial charge in [-0.25, -0.2) is 23.7 Å². The molecule has 3 heterocycles. The van der Waals surface area contributed by atoms with E-state index in [9.17, 15) is 27.1 Å². The lowest BCUT2D eigenvalue weighted by atomic mass is 10.0. The number of pyridine rings is 1. The standard InChI is InChI=1S/C27H23F5N8O/c1-13(16-6-7-19(28)20(29)9-16)37-26(41)22-25(36-12-21(38-22)27(30,31)32)34-10-14-2-4-15(5-3-14)17-8-18-23(33)39-40-24(18)35-11-17/h2-9,11-13,26,37,41H,10H2,1H3,(H,34,36)(H3,33,35,39,40)/t13-,26?/m0/s1. The number of nitrogens with two attached hydrogens (primary N) is 1. The van der Waals surface area contributed by atoms with E-state index in [2.05, 4.69) is 35.8 Å². The van der Waals surface area contributed by atoms with Crippen LogP contribution in [0.4, 0.5) is 33.6 Å². The molecule has 0 radical (unpaired) electrons. The number of aromatic amines is 1. The van der Waals surface area contributed by atoms with E-state index in [0.717, 1.165) is 28.8 Å². The molecule has 212 valence electrons. The second-order valence-electron chi connectivity index (χ2n) is 9.23. The SMILES string of the molecule is C[C@H](NC(O)c1nc(C(F)(F)F)cnc1NCc1ccc(-c2cnc3[nH]nc(N)c3c2)cc1)c1ccc(F)c(F)c1. The number of rotatable bonds is 8. The van der Waals surface area contributed by atoms with Crippen LogP contribution in [0.5, 0.6) is 0 Å². The van der Waals surface area contributed by atoms with Crippen LogP contribution >= 0.6 is 0 Å². The molecule has 0 saturated heterocycles. The average Bonchev–Trinajstić information content (AvgIpc) is 3.32. The van der Waals surface area contributed by atoms with Crippen LogP contribution in [0.3, 0.4) is 0 Å². The maximum Gasteiger partial charge on any atom is 0.434 e. The van der Waals surface area contributed by atoms with E-state index in [0.29, 0.717) is 23.0 Å². The van der Waals surface area contributed by atoms with Crippen molar-refractivity contribution in [3.8, 4) is 11.1 Å². The summed E-state index contributed by atoms with van der Waals surface area (Å²) in [6.45, 7) is 1.67. The molecule has 1 unspecified atom stereocenters. The largest absolute Gasteiger partial charge is 0.434 e. The van der Waals surface area contributed by atoms with Crippen LogP contribution < -0.4 is 16.4 Å². The number of aromatic nitrogens is 5. The Labute approximate surface area is 229 Å². The zero-order valence-electron chi connectivity index (χ0n) is 21.3. The van der Waals surface area contributed by atoms with Crippen molar-refractivity contribution in [2.45, 2.75) is 31.9 Å². The molecule has 0 aliphatic rings. The third kappa shape index (κ3) is 6.07. The number of aliphatic hydroxyl groups is 1. The molecule has 3 aromatic heterocycles. The van der Waals surface area contributed by atoms with Gasteiger partial charge in [-0.1, -0.05) is 30.3 Å². The number of nitrogens with one attached hydrogen (secondary N) is 3. The summed E-state index contributed by atoms with van der Waals surface area (Å²) < 4.78 is 67.1. The minimum Gasteiger partial charge on any atom is -0.382 e. The van der Waals surface area contributed by atoms with Crippen molar-refractivity contribution < 1.29 is 27.1 Å². The fourth-order valence-electron chi connectivity index (χ4n) is 4.14. The fraction of sp³-hybridized carbons (Fsp3) is 0.185. The lowest BCUT2D eigenvalue weighted by Crippen LogP contribution is -2.27. The molecule has 41 heavy (non-hydrogen) atoms. The van der Waals surface area contributed by atoms with Gasteiger partial charge in [0.05, 0.1) is 11.6 Å². The molecule has 0 spiro atoms. The normalized spacial score (nSPS) is 13.3. The highest BCUT2D eigenvalue weighted by atomic mass is 19.4. The molecule has 5 rings (SSSR count). The molecule has 2 aromatic carbocycles. The molecular weight excluding hydrogens is 547 g/mol. The van der Waals surface area contributed by atoms with Gasteiger partial charge in [-0.05, 0) is 41.8 Å². The zero-order valence-corrected chi connectivity index (χ0v) is 21.3. The molecule has 5 aromatic rings. The molecule has 14 heteroatoms. The topological polar surface area (TPSA) is 138 Å². The Bertz CT molecular complexity index is 1690. The highest BCUT2D eigenvalue weighted by Gasteiger charge is 2.34. The Kier molecular flexibility index (Phi) is 7.51. The second kappa shape index (κ2) is 11.1. The fourth-order valence-corrected chi connectivity index (χ4v) is 4.14. The number of anilines is 2. The van der Waals surface area contributed by atoms with Crippen LogP contribution in [-0.4, -0.2) is 30.3 Å². The molecule has 9 nitrogen and oxygen atoms in total. The Morgan fingerprint density at radius 2 is 1.73 bits per heavy atom. The summed E-state index contributed by atoms with van der Waals surface area (Å²) in [5.74, 6) is -1.91. The minimum absolute atomic E-state index is 0.0929. The molecule has 6 N–H and O–H groups in total. The highest BCUT2D eigenvalue weighted by Crippen LogP contribution is 2.31. The summed E-state index contributed by atoms with van der Waals surface area (Å²) in [7, 11) is 0. The first-order valence-electron chi connectivity index (χ1n) is 12.3. The van der Waals surface area contributed by atoms with Crippen molar-refractivity contribution in [1.82, 2.24) is 30.5 Å². The van der Waals surface area contributed by atoms with Crippen molar-refractivity contribution >= 4 is 22.7 Å². The summed E-state index contributed by atoms with van der Waals surface area (Å²) in [5, 5.41) is 23.7. The third-order valence-electron chi connectivity index (χ3n) is 6.39. The van der Waals surface area contributed by atoms with Gasteiger partial charge >= 0.3 is 6.18 Å². The first-order valence-corrected chi connectivity index (χ1v) is 12.3. The smallest absolute Gasteiger partial charge is 0.382 e. The molecule has 0 amide bonds. The quantitative estimate of drug-likeness (QED) is 0.126. The maximum absolute atomic E-state index is 13.7. The third-order valence-corrected chi connectivity index (χ3v) is 6.39. The van der Waals surface area contributed by atoms with E-state index in [4.69, 9.17) is 5.73 Å². The van der Waals surface area contributed by atoms with E-state index in [1.165, 1.54) is 13.0 Å². The Balaban J connectivity index is 1.34.